The van der Waals surface area contributed by atoms with E-state index in [0.717, 1.165) is 71.8 Å². The van der Waals surface area contributed by atoms with Crippen molar-refractivity contribution in [3.63, 3.8) is 0 Å². The second-order valence-electron chi connectivity index (χ2n) is 21.4. The van der Waals surface area contributed by atoms with E-state index >= 15 is 0 Å². The number of benzene rings is 4. The highest BCUT2D eigenvalue weighted by atomic mass is 16.7. The summed E-state index contributed by atoms with van der Waals surface area (Å²) in [5, 5.41) is 1.51. The molecule has 0 aromatic heterocycles. The number of ether oxygens (including phenoxy) is 4. The highest BCUT2D eigenvalue weighted by molar-refractivity contribution is 6.10. The summed E-state index contributed by atoms with van der Waals surface area (Å²) in [6.45, 7) is 18.1. The zero-order chi connectivity index (χ0) is 46.5. The number of carbonyl (C=O) groups is 2. The van der Waals surface area contributed by atoms with E-state index in [-0.39, 0.29) is 16.9 Å². The maximum atomic E-state index is 13.7. The van der Waals surface area contributed by atoms with Crippen LogP contribution in [0.5, 0.6) is 17.2 Å². The number of allylic oxidation sites excluding steroid dienone is 1. The minimum absolute atomic E-state index is 0.194. The van der Waals surface area contributed by atoms with Gasteiger partial charge in [0.1, 0.15) is 29.0 Å². The van der Waals surface area contributed by atoms with Crippen molar-refractivity contribution < 1.29 is 28.5 Å². The van der Waals surface area contributed by atoms with Crippen LogP contribution in [0, 0.1) is 46.8 Å². The first kappa shape index (κ1) is 46.0. The van der Waals surface area contributed by atoms with Crippen LogP contribution >= 0.6 is 0 Å². The molecule has 2 unspecified atom stereocenters. The Balaban J connectivity index is 0.00000270. The molecule has 2 heterocycles. The SMILES string of the molecule is CC.CC(C)CCC[C@@H](C)[C@H]1CC[C@@H]2C1CC[C@H]1[C@H]2CC=C2C[C@@H](OC(=O)Oc3ccc(OC(=O)c4cccc5c6c(ccc45)OC4(C=N6)N(C)c5ccccc5C4(C)C)cc3)CC[C@@]21C. The van der Waals surface area contributed by atoms with Crippen molar-refractivity contribution >= 4 is 40.5 Å². The molecule has 0 amide bonds. The quantitative estimate of drug-likeness (QED) is 0.0716. The average Bonchev–Trinajstić information content (AvgIpc) is 3.82. The first-order valence-corrected chi connectivity index (χ1v) is 25.3. The Morgan fingerprint density at radius 2 is 1.55 bits per heavy atom. The molecule has 4 aliphatic carbocycles. The number of likely N-dealkylation sites (N-methyl/N-ethyl adjacent to an activating group) is 1. The Morgan fingerprint density at radius 3 is 2.30 bits per heavy atom. The minimum Gasteiger partial charge on any atom is -0.459 e. The fourth-order valence-corrected chi connectivity index (χ4v) is 13.8. The zero-order valence-electron chi connectivity index (χ0n) is 40.9. The number of anilines is 1. The van der Waals surface area contributed by atoms with Crippen molar-refractivity contribution in [1.29, 1.82) is 0 Å². The Labute approximate surface area is 393 Å². The van der Waals surface area contributed by atoms with E-state index in [2.05, 4.69) is 70.7 Å². The lowest BCUT2D eigenvalue weighted by molar-refractivity contribution is -0.0232. The van der Waals surface area contributed by atoms with Crippen molar-refractivity contribution in [2.75, 3.05) is 11.9 Å². The third kappa shape index (κ3) is 7.92. The lowest BCUT2D eigenvalue weighted by Gasteiger charge is -2.55. The van der Waals surface area contributed by atoms with Crippen LogP contribution in [0.15, 0.2) is 95.5 Å². The summed E-state index contributed by atoms with van der Waals surface area (Å²) in [5.74, 6) is 6.69. The molecule has 1 spiro atoms. The summed E-state index contributed by atoms with van der Waals surface area (Å²) in [5.41, 5.74) is 3.91. The van der Waals surface area contributed by atoms with Gasteiger partial charge < -0.3 is 23.8 Å². The second kappa shape index (κ2) is 18.2. The number of nitrogens with zero attached hydrogens (tertiary/aromatic N) is 2. The number of carbonyl (C=O) groups excluding carboxylic acids is 2. The van der Waals surface area contributed by atoms with E-state index < -0.39 is 17.8 Å². The molecule has 10 rings (SSSR count). The molecule has 9 atom stereocenters. The number of esters is 1. The first-order valence-electron chi connectivity index (χ1n) is 25.3. The average molecular weight is 893 g/mol. The van der Waals surface area contributed by atoms with E-state index in [1.54, 1.807) is 30.3 Å². The molecule has 3 fully saturated rings. The fraction of sp³-hybridized carbons (Fsp3) is 0.534. The molecule has 0 radical (unpaired) electrons. The van der Waals surface area contributed by atoms with Gasteiger partial charge >= 0.3 is 12.1 Å². The van der Waals surface area contributed by atoms with Crippen LogP contribution in [0.4, 0.5) is 16.2 Å². The van der Waals surface area contributed by atoms with Crippen molar-refractivity contribution in [2.24, 2.45) is 51.8 Å². The zero-order valence-corrected chi connectivity index (χ0v) is 40.9. The van der Waals surface area contributed by atoms with Gasteiger partial charge in [0, 0.05) is 24.5 Å². The summed E-state index contributed by atoms with van der Waals surface area (Å²) >= 11 is 0. The van der Waals surface area contributed by atoms with Crippen LogP contribution in [-0.4, -0.2) is 37.2 Å². The third-order valence-electron chi connectivity index (χ3n) is 17.3. The van der Waals surface area contributed by atoms with Gasteiger partial charge in [-0.15, -0.1) is 0 Å². The van der Waals surface area contributed by atoms with Crippen LogP contribution < -0.4 is 19.1 Å². The molecule has 8 nitrogen and oxygen atoms in total. The van der Waals surface area contributed by atoms with Gasteiger partial charge in [-0.25, -0.2) is 9.59 Å². The van der Waals surface area contributed by atoms with Gasteiger partial charge in [-0.2, -0.15) is 0 Å². The number of rotatable bonds is 9. The van der Waals surface area contributed by atoms with E-state index in [0.29, 0.717) is 33.9 Å². The van der Waals surface area contributed by atoms with E-state index in [9.17, 15) is 9.59 Å². The molecular formula is C58H72N2O6. The van der Waals surface area contributed by atoms with Crippen molar-refractivity contribution in [3.8, 4) is 17.2 Å². The van der Waals surface area contributed by atoms with E-state index in [1.165, 1.54) is 62.5 Å². The van der Waals surface area contributed by atoms with Gasteiger partial charge in [0.15, 0.2) is 0 Å². The molecule has 0 N–H and O–H groups in total. The maximum Gasteiger partial charge on any atom is 0.514 e. The Kier molecular flexibility index (Phi) is 12.7. The van der Waals surface area contributed by atoms with Crippen molar-refractivity contribution in [3.05, 3.63) is 102 Å². The summed E-state index contributed by atoms with van der Waals surface area (Å²) in [4.78, 5) is 34.0. The van der Waals surface area contributed by atoms with Crippen molar-refractivity contribution in [1.82, 2.24) is 0 Å². The summed E-state index contributed by atoms with van der Waals surface area (Å²) < 4.78 is 24.3. The Hall–Kier alpha value is -5.11. The predicted octanol–water partition coefficient (Wildman–Crippen LogP) is 14.8. The predicted molar refractivity (Wildman–Crippen MR) is 265 cm³/mol. The molecular weight excluding hydrogens is 821 g/mol. The number of hydrogen-bond donors (Lipinski definition) is 0. The molecule has 6 aliphatic rings. The summed E-state index contributed by atoms with van der Waals surface area (Å²) in [6.07, 6.45) is 17.1. The summed E-state index contributed by atoms with van der Waals surface area (Å²) in [6, 6.07) is 24.2. The molecule has 3 saturated carbocycles. The van der Waals surface area contributed by atoms with Crippen LogP contribution in [0.25, 0.3) is 10.8 Å². The Morgan fingerprint density at radius 1 is 0.803 bits per heavy atom. The molecule has 4 aromatic rings. The van der Waals surface area contributed by atoms with Crippen LogP contribution in [0.2, 0.25) is 0 Å². The second-order valence-corrected chi connectivity index (χ2v) is 21.4. The standard InChI is InChI=1S/C56H66N2O6.C2H6/c1-34(2)12-10-13-35(3)40-24-25-42-41(40)26-28-47-44(42)23-18-36-32-39(30-31-55(36,47)6)63-53(60)62-38-21-19-37(20-22-38)61-52(59)46-15-11-14-45-43(46)27-29-50-51(45)57-33-56(64-50)54(4,5)48-16-8-9-17-49(48)58(56)7;1-2/h8-9,11,14-22,27,29,33-35,39-42,44,47H,10,12-13,23-26,28,30-32H2,1-7H3;1-2H3/t35-,39+,40-,41?,42-,44+,47+,55+,56?;/m1./s1. The molecule has 350 valence electrons. The number of hydrogen-bond acceptors (Lipinski definition) is 8. The molecule has 2 aliphatic heterocycles. The molecule has 4 aromatic carbocycles. The molecule has 0 bridgehead atoms. The highest BCUT2D eigenvalue weighted by Crippen LogP contribution is 2.63. The van der Waals surface area contributed by atoms with Gasteiger partial charge in [-0.1, -0.05) is 103 Å². The van der Waals surface area contributed by atoms with Crippen molar-refractivity contribution in [2.45, 2.75) is 143 Å². The summed E-state index contributed by atoms with van der Waals surface area (Å²) in [7, 11) is 2.04. The van der Waals surface area contributed by atoms with E-state index in [4.69, 9.17) is 23.9 Å². The first-order chi connectivity index (χ1) is 31.8. The lowest BCUT2D eigenvalue weighted by Crippen LogP contribution is -2.61. The van der Waals surface area contributed by atoms with E-state index in [1.807, 2.05) is 57.4 Å². The normalized spacial score (nSPS) is 29.2. The topological polar surface area (TPSA) is 86.7 Å². The minimum atomic E-state index is -0.806. The number of fused-ring (bicyclic) bond motifs is 9. The smallest absolute Gasteiger partial charge is 0.459 e. The third-order valence-corrected chi connectivity index (χ3v) is 17.3. The number of para-hydroxylation sites is 1. The monoisotopic (exact) mass is 893 g/mol. The number of aliphatic imine (C=N–C) groups is 1. The van der Waals surface area contributed by atoms with Gasteiger partial charge in [0.2, 0.25) is 5.72 Å². The largest absolute Gasteiger partial charge is 0.514 e. The molecule has 8 heteroatoms. The van der Waals surface area contributed by atoms with Gasteiger partial charge in [-0.3, -0.25) is 4.99 Å². The lowest BCUT2D eigenvalue weighted by atomic mass is 9.50. The van der Waals surface area contributed by atoms with Gasteiger partial charge in [-0.05, 0) is 165 Å². The highest BCUT2D eigenvalue weighted by Gasteiger charge is 2.59. The Bertz CT molecular complexity index is 2510. The van der Waals surface area contributed by atoms with Crippen LogP contribution in [0.3, 0.4) is 0 Å². The van der Waals surface area contributed by atoms with Crippen LogP contribution in [0.1, 0.15) is 142 Å². The fourth-order valence-electron chi connectivity index (χ4n) is 13.8. The molecule has 0 saturated heterocycles. The van der Waals surface area contributed by atoms with Crippen LogP contribution in [-0.2, 0) is 10.2 Å². The van der Waals surface area contributed by atoms with Gasteiger partial charge in [0.05, 0.1) is 17.2 Å². The molecule has 66 heavy (non-hydrogen) atoms. The van der Waals surface area contributed by atoms with Gasteiger partial charge in [0.25, 0.3) is 0 Å². The maximum absolute atomic E-state index is 13.7.